The van der Waals surface area contributed by atoms with Crippen LogP contribution >= 0.6 is 0 Å². The topological polar surface area (TPSA) is 12.0 Å². The second kappa shape index (κ2) is 5.30. The molecule has 2 rings (SSSR count). The van der Waals surface area contributed by atoms with Gasteiger partial charge in [0, 0.05) is 0 Å². The number of nitrogens with one attached hydrogen (secondary N) is 1. The van der Waals surface area contributed by atoms with E-state index in [-0.39, 0.29) is 0 Å². The molecule has 0 aromatic rings. The molecule has 4 unspecified atom stereocenters. The van der Waals surface area contributed by atoms with Crippen molar-refractivity contribution in [1.29, 1.82) is 0 Å². The fourth-order valence-corrected chi connectivity index (χ4v) is 4.32. The van der Waals surface area contributed by atoms with E-state index in [4.69, 9.17) is 0 Å². The van der Waals surface area contributed by atoms with Crippen molar-refractivity contribution in [2.45, 2.75) is 59.8 Å². The fraction of sp³-hybridized carbons (Fsp3) is 1.00. The highest BCUT2D eigenvalue weighted by Crippen LogP contribution is 2.53. The largest absolute Gasteiger partial charge is 0.316 e. The molecule has 0 spiro atoms. The average Bonchev–Trinajstić information content (AvgIpc) is 2.84. The van der Waals surface area contributed by atoms with Crippen LogP contribution in [0.2, 0.25) is 0 Å². The number of fused-ring (bicyclic) bond motifs is 2. The van der Waals surface area contributed by atoms with E-state index < -0.39 is 0 Å². The van der Waals surface area contributed by atoms with Gasteiger partial charge in [0.15, 0.2) is 0 Å². The first kappa shape index (κ1) is 13.4. The van der Waals surface area contributed by atoms with Crippen molar-refractivity contribution < 1.29 is 0 Å². The molecule has 2 aliphatic rings. The van der Waals surface area contributed by atoms with Crippen LogP contribution in [-0.4, -0.2) is 13.1 Å². The zero-order chi connectivity index (χ0) is 12.5. The normalized spacial score (nSPS) is 34.2. The average molecular weight is 237 g/mol. The summed E-state index contributed by atoms with van der Waals surface area (Å²) >= 11 is 0. The van der Waals surface area contributed by atoms with E-state index in [0.717, 1.165) is 23.7 Å². The monoisotopic (exact) mass is 237 g/mol. The minimum absolute atomic E-state index is 0.468. The second-order valence-electron chi connectivity index (χ2n) is 7.52. The van der Waals surface area contributed by atoms with Gasteiger partial charge in [0.05, 0.1) is 0 Å². The van der Waals surface area contributed by atoms with Gasteiger partial charge < -0.3 is 5.32 Å². The molecular weight excluding hydrogens is 206 g/mol. The lowest BCUT2D eigenvalue weighted by Gasteiger charge is -2.39. The zero-order valence-electron chi connectivity index (χ0n) is 12.3. The van der Waals surface area contributed by atoms with E-state index in [2.05, 4.69) is 33.0 Å². The van der Waals surface area contributed by atoms with Crippen LogP contribution in [0.1, 0.15) is 59.8 Å². The summed E-state index contributed by atoms with van der Waals surface area (Å²) in [5.74, 6) is 4.04. The number of hydrogen-bond donors (Lipinski definition) is 1. The molecule has 0 radical (unpaired) electrons. The van der Waals surface area contributed by atoms with Gasteiger partial charge in [-0.2, -0.15) is 0 Å². The molecule has 2 bridgehead atoms. The van der Waals surface area contributed by atoms with Crippen molar-refractivity contribution in [3.63, 3.8) is 0 Å². The third-order valence-corrected chi connectivity index (χ3v) is 5.21. The van der Waals surface area contributed by atoms with E-state index in [1.807, 2.05) is 0 Å². The smallest absolute Gasteiger partial charge is 0.00128 e. The van der Waals surface area contributed by atoms with Crippen molar-refractivity contribution in [1.82, 2.24) is 5.32 Å². The summed E-state index contributed by atoms with van der Waals surface area (Å²) in [5, 5.41) is 3.68. The Morgan fingerprint density at radius 3 is 2.41 bits per heavy atom. The molecule has 0 amide bonds. The zero-order valence-corrected chi connectivity index (χ0v) is 12.3. The summed E-state index contributed by atoms with van der Waals surface area (Å²) in [6.07, 6.45) is 7.38. The standard InChI is InChI=1S/C16H31N/c1-5-8-17-11-15(16(2,3)4)14-10-12-6-7-13(14)9-12/h12-15,17H,5-11H2,1-4H3. The molecule has 100 valence electrons. The van der Waals surface area contributed by atoms with Crippen LogP contribution in [0, 0.1) is 29.1 Å². The van der Waals surface area contributed by atoms with Crippen LogP contribution in [0.4, 0.5) is 0 Å². The molecule has 2 fully saturated rings. The summed E-state index contributed by atoms with van der Waals surface area (Å²) < 4.78 is 0. The maximum Gasteiger partial charge on any atom is -0.00128 e. The molecular formula is C16H31N. The predicted molar refractivity (Wildman–Crippen MR) is 75.0 cm³/mol. The maximum absolute atomic E-state index is 3.68. The van der Waals surface area contributed by atoms with E-state index >= 15 is 0 Å². The Kier molecular flexibility index (Phi) is 4.18. The maximum atomic E-state index is 3.68. The first-order valence-corrected chi connectivity index (χ1v) is 7.73. The van der Waals surface area contributed by atoms with Crippen molar-refractivity contribution in [2.24, 2.45) is 29.1 Å². The highest BCUT2D eigenvalue weighted by molar-refractivity contribution is 4.96. The predicted octanol–water partition coefficient (Wildman–Crippen LogP) is 4.08. The van der Waals surface area contributed by atoms with E-state index in [9.17, 15) is 0 Å². The van der Waals surface area contributed by atoms with Gasteiger partial charge in [0.25, 0.3) is 0 Å². The van der Waals surface area contributed by atoms with Crippen LogP contribution in [0.25, 0.3) is 0 Å². The Bertz CT molecular complexity index is 240. The SMILES string of the molecule is CCCNCC(C1CC2CCC1C2)C(C)(C)C. The summed E-state index contributed by atoms with van der Waals surface area (Å²) in [7, 11) is 0. The lowest BCUT2D eigenvalue weighted by atomic mass is 9.67. The van der Waals surface area contributed by atoms with Gasteiger partial charge in [-0.15, -0.1) is 0 Å². The van der Waals surface area contributed by atoms with Gasteiger partial charge in [-0.1, -0.05) is 34.1 Å². The lowest BCUT2D eigenvalue weighted by Crippen LogP contribution is -2.39. The Morgan fingerprint density at radius 1 is 1.18 bits per heavy atom. The van der Waals surface area contributed by atoms with Crippen molar-refractivity contribution in [3.8, 4) is 0 Å². The minimum Gasteiger partial charge on any atom is -0.316 e. The van der Waals surface area contributed by atoms with Crippen LogP contribution in [0.15, 0.2) is 0 Å². The summed E-state index contributed by atoms with van der Waals surface area (Å²) in [6, 6.07) is 0. The molecule has 2 aliphatic carbocycles. The van der Waals surface area contributed by atoms with Crippen LogP contribution in [-0.2, 0) is 0 Å². The molecule has 1 N–H and O–H groups in total. The Hall–Kier alpha value is -0.0400. The molecule has 2 saturated carbocycles. The Balaban J connectivity index is 1.95. The first-order chi connectivity index (χ1) is 8.02. The Morgan fingerprint density at radius 2 is 1.94 bits per heavy atom. The highest BCUT2D eigenvalue weighted by atomic mass is 14.9. The number of hydrogen-bond acceptors (Lipinski definition) is 1. The van der Waals surface area contributed by atoms with Crippen LogP contribution < -0.4 is 5.32 Å². The van der Waals surface area contributed by atoms with Gasteiger partial charge in [-0.05, 0) is 67.9 Å². The quantitative estimate of drug-likeness (QED) is 0.710. The minimum atomic E-state index is 0.468. The van der Waals surface area contributed by atoms with Crippen molar-refractivity contribution >= 4 is 0 Å². The third-order valence-electron chi connectivity index (χ3n) is 5.21. The molecule has 0 aliphatic heterocycles. The molecule has 0 saturated heterocycles. The van der Waals surface area contributed by atoms with Crippen molar-refractivity contribution in [2.75, 3.05) is 13.1 Å². The second-order valence-corrected chi connectivity index (χ2v) is 7.52. The molecule has 0 heterocycles. The molecule has 0 aromatic carbocycles. The lowest BCUT2D eigenvalue weighted by molar-refractivity contribution is 0.110. The van der Waals surface area contributed by atoms with Gasteiger partial charge >= 0.3 is 0 Å². The molecule has 4 atom stereocenters. The first-order valence-electron chi connectivity index (χ1n) is 7.73. The molecule has 1 heteroatoms. The summed E-state index contributed by atoms with van der Waals surface area (Å²) in [5.41, 5.74) is 0.468. The van der Waals surface area contributed by atoms with Gasteiger partial charge in [0.2, 0.25) is 0 Å². The summed E-state index contributed by atoms with van der Waals surface area (Å²) in [4.78, 5) is 0. The highest BCUT2D eigenvalue weighted by Gasteiger charge is 2.45. The molecule has 1 nitrogen and oxygen atoms in total. The number of rotatable bonds is 5. The van der Waals surface area contributed by atoms with Gasteiger partial charge in [-0.3, -0.25) is 0 Å². The van der Waals surface area contributed by atoms with Crippen LogP contribution in [0.3, 0.4) is 0 Å². The van der Waals surface area contributed by atoms with E-state index in [1.54, 1.807) is 6.42 Å². The van der Waals surface area contributed by atoms with Crippen LogP contribution in [0.5, 0.6) is 0 Å². The van der Waals surface area contributed by atoms with E-state index in [1.165, 1.54) is 38.8 Å². The molecule has 0 aromatic heterocycles. The molecule has 17 heavy (non-hydrogen) atoms. The van der Waals surface area contributed by atoms with Gasteiger partial charge in [-0.25, -0.2) is 0 Å². The van der Waals surface area contributed by atoms with Gasteiger partial charge in [0.1, 0.15) is 0 Å². The van der Waals surface area contributed by atoms with Crippen molar-refractivity contribution in [3.05, 3.63) is 0 Å². The van der Waals surface area contributed by atoms with E-state index in [0.29, 0.717) is 5.41 Å². The third kappa shape index (κ3) is 3.05. The summed E-state index contributed by atoms with van der Waals surface area (Å²) in [6.45, 7) is 12.0. The Labute approximate surface area is 108 Å². The fourth-order valence-electron chi connectivity index (χ4n) is 4.32.